The molecular weight excluding hydrogens is 242 g/mol. The Morgan fingerprint density at radius 3 is 2.33 bits per heavy atom. The minimum atomic E-state index is -1.00. The van der Waals surface area contributed by atoms with Gasteiger partial charge in [0.25, 0.3) is 0 Å². The Balaban J connectivity index is 2.56. The van der Waals surface area contributed by atoms with Gasteiger partial charge in [-0.05, 0) is 13.3 Å². The highest BCUT2D eigenvalue weighted by atomic mass is 17.2. The van der Waals surface area contributed by atoms with Crippen molar-refractivity contribution in [3.63, 3.8) is 0 Å². The van der Waals surface area contributed by atoms with Gasteiger partial charge in [-0.2, -0.15) is 0 Å². The lowest BCUT2D eigenvalue weighted by atomic mass is 10.2. The van der Waals surface area contributed by atoms with Gasteiger partial charge in [0, 0.05) is 6.07 Å². The molecule has 0 unspecified atom stereocenters. The van der Waals surface area contributed by atoms with Crippen molar-refractivity contribution in [1.29, 1.82) is 0 Å². The predicted molar refractivity (Wildman–Crippen MR) is 59.7 cm³/mol. The molecule has 0 radical (unpaired) electrons. The van der Waals surface area contributed by atoms with Gasteiger partial charge in [-0.3, -0.25) is 4.79 Å². The second-order valence-corrected chi connectivity index (χ2v) is 3.29. The first-order chi connectivity index (χ1) is 8.51. The Labute approximate surface area is 103 Å². The zero-order valence-corrected chi connectivity index (χ0v) is 10.0. The third-order valence-electron chi connectivity index (χ3n) is 2.07. The predicted octanol–water partition coefficient (Wildman–Crippen LogP) is 0.154. The maximum Gasteiger partial charge on any atom is 0.390 e. The van der Waals surface area contributed by atoms with Crippen molar-refractivity contribution in [2.24, 2.45) is 5.73 Å². The van der Waals surface area contributed by atoms with Gasteiger partial charge in [-0.25, -0.2) is 19.4 Å². The van der Waals surface area contributed by atoms with Crippen LogP contribution >= 0.6 is 0 Å². The molecular formula is C11H13NO6. The third-order valence-corrected chi connectivity index (χ3v) is 2.07. The Morgan fingerprint density at radius 1 is 1.28 bits per heavy atom. The number of nitrogens with two attached hydrogens (primary N) is 1. The maximum atomic E-state index is 11.5. The molecule has 0 amide bonds. The van der Waals surface area contributed by atoms with Crippen LogP contribution in [0.1, 0.15) is 30.6 Å². The third kappa shape index (κ3) is 3.34. The summed E-state index contributed by atoms with van der Waals surface area (Å²) in [6, 6.07) is 1.07. The highest BCUT2D eigenvalue weighted by Gasteiger charge is 2.23. The average Bonchev–Trinajstić information content (AvgIpc) is 3.04. The number of carbonyl (C=O) groups is 2. The van der Waals surface area contributed by atoms with Gasteiger partial charge < -0.3 is 10.5 Å². The summed E-state index contributed by atoms with van der Waals surface area (Å²) in [5.74, 6) is -2.01. The SMILES string of the molecule is CCO/C(N)=C(\CC)C(=O)OOC(=O)c1cc1=O. The molecule has 0 aliphatic carbocycles. The number of carbonyl (C=O) groups excluding carboxylic acids is 2. The maximum absolute atomic E-state index is 11.5. The lowest BCUT2D eigenvalue weighted by molar-refractivity contribution is -0.229. The van der Waals surface area contributed by atoms with Crippen molar-refractivity contribution in [2.75, 3.05) is 6.61 Å². The zero-order valence-electron chi connectivity index (χ0n) is 10.0. The van der Waals surface area contributed by atoms with E-state index in [0.29, 0.717) is 6.61 Å². The lowest BCUT2D eigenvalue weighted by Gasteiger charge is -2.08. The normalized spacial score (nSPS) is 11.9. The first kappa shape index (κ1) is 13.8. The Morgan fingerprint density at radius 2 is 1.89 bits per heavy atom. The molecule has 2 N–H and O–H groups in total. The van der Waals surface area contributed by atoms with Crippen molar-refractivity contribution in [2.45, 2.75) is 20.3 Å². The molecule has 0 fully saturated rings. The zero-order chi connectivity index (χ0) is 13.7. The van der Waals surface area contributed by atoms with E-state index >= 15 is 0 Å². The molecule has 0 saturated carbocycles. The molecule has 7 heteroatoms. The van der Waals surface area contributed by atoms with E-state index < -0.39 is 17.4 Å². The molecule has 1 rings (SSSR count). The van der Waals surface area contributed by atoms with E-state index in [0.717, 1.165) is 6.07 Å². The standard InChI is InChI=1S/C11H13NO6/c1-3-6(9(12)16-4-2)10(14)17-18-11(15)7-5-8(7)13/h5H,3-4,12H2,1-2H3/b9-6+. The molecule has 0 aliphatic rings. The number of hydrogen-bond donors (Lipinski definition) is 1. The van der Waals surface area contributed by atoms with Gasteiger partial charge in [0.15, 0.2) is 11.3 Å². The van der Waals surface area contributed by atoms with E-state index in [9.17, 15) is 14.4 Å². The quantitative estimate of drug-likeness (QED) is 0.345. The van der Waals surface area contributed by atoms with Crippen molar-refractivity contribution in [1.82, 2.24) is 0 Å². The first-order valence-corrected chi connectivity index (χ1v) is 5.31. The molecule has 0 aromatic heterocycles. The van der Waals surface area contributed by atoms with E-state index in [4.69, 9.17) is 10.5 Å². The monoisotopic (exact) mass is 255 g/mol. The van der Waals surface area contributed by atoms with Crippen LogP contribution < -0.4 is 11.2 Å². The van der Waals surface area contributed by atoms with Gasteiger partial charge in [-0.1, -0.05) is 6.92 Å². The van der Waals surface area contributed by atoms with Crippen molar-refractivity contribution >= 4 is 11.9 Å². The summed E-state index contributed by atoms with van der Waals surface area (Å²) >= 11 is 0. The molecule has 7 nitrogen and oxygen atoms in total. The number of hydrogen-bond acceptors (Lipinski definition) is 7. The second kappa shape index (κ2) is 5.85. The van der Waals surface area contributed by atoms with Crippen LogP contribution in [0.5, 0.6) is 0 Å². The number of rotatable bonds is 5. The van der Waals surface area contributed by atoms with Crippen molar-refractivity contribution in [3.05, 3.63) is 33.3 Å². The Kier molecular flexibility index (Phi) is 4.47. The molecule has 0 atom stereocenters. The minimum Gasteiger partial charge on any atom is -0.479 e. The molecule has 18 heavy (non-hydrogen) atoms. The molecule has 0 saturated heterocycles. The molecule has 0 aliphatic heterocycles. The minimum absolute atomic E-state index is 0.0563. The number of ether oxygens (including phenoxy) is 1. The van der Waals surface area contributed by atoms with Gasteiger partial charge >= 0.3 is 11.9 Å². The summed E-state index contributed by atoms with van der Waals surface area (Å²) in [7, 11) is 0. The van der Waals surface area contributed by atoms with Crippen LogP contribution in [0, 0.1) is 0 Å². The highest BCUT2D eigenvalue weighted by Crippen LogP contribution is 2.09. The van der Waals surface area contributed by atoms with E-state index in [1.807, 2.05) is 0 Å². The highest BCUT2D eigenvalue weighted by molar-refractivity contribution is 5.94. The van der Waals surface area contributed by atoms with Crippen molar-refractivity contribution < 1.29 is 24.1 Å². The van der Waals surface area contributed by atoms with E-state index in [-0.39, 0.29) is 23.4 Å². The largest absolute Gasteiger partial charge is 0.479 e. The van der Waals surface area contributed by atoms with Crippen LogP contribution in [0.3, 0.4) is 0 Å². The smallest absolute Gasteiger partial charge is 0.390 e. The molecule has 1 aromatic rings. The summed E-state index contributed by atoms with van der Waals surface area (Å²) in [5.41, 5.74) is 4.98. The molecule has 1 aromatic carbocycles. The fraction of sp³-hybridized carbons (Fsp3) is 0.364. The van der Waals surface area contributed by atoms with E-state index in [2.05, 4.69) is 9.78 Å². The first-order valence-electron chi connectivity index (χ1n) is 5.31. The summed E-state index contributed by atoms with van der Waals surface area (Å²) < 4.78 is 4.95. The van der Waals surface area contributed by atoms with E-state index in [1.54, 1.807) is 13.8 Å². The molecule has 98 valence electrons. The lowest BCUT2D eigenvalue weighted by Crippen LogP contribution is -2.17. The summed E-state index contributed by atoms with van der Waals surface area (Å²) in [6.45, 7) is 3.66. The van der Waals surface area contributed by atoms with Gasteiger partial charge in [0.2, 0.25) is 0 Å². The molecule has 0 heterocycles. The van der Waals surface area contributed by atoms with Gasteiger partial charge in [0.1, 0.15) is 11.1 Å². The van der Waals surface area contributed by atoms with Crippen LogP contribution in [0.15, 0.2) is 22.3 Å². The summed E-state index contributed by atoms with van der Waals surface area (Å²) in [4.78, 5) is 41.6. The molecule has 0 bridgehead atoms. The topological polar surface area (TPSA) is 105 Å². The van der Waals surface area contributed by atoms with Crippen LogP contribution in [-0.2, 0) is 19.3 Å². The van der Waals surface area contributed by atoms with Crippen LogP contribution in [0.2, 0.25) is 0 Å². The second-order valence-electron chi connectivity index (χ2n) is 3.29. The van der Waals surface area contributed by atoms with E-state index in [1.165, 1.54) is 0 Å². The summed E-state index contributed by atoms with van der Waals surface area (Å²) in [5, 5.41) is 0. The average molecular weight is 255 g/mol. The Hall–Kier alpha value is -2.31. The van der Waals surface area contributed by atoms with Gasteiger partial charge in [0.05, 0.1) is 6.61 Å². The van der Waals surface area contributed by atoms with Crippen molar-refractivity contribution in [3.8, 4) is 0 Å². The van der Waals surface area contributed by atoms with Crippen LogP contribution in [-0.4, -0.2) is 18.5 Å². The molecule has 0 spiro atoms. The fourth-order valence-corrected chi connectivity index (χ4v) is 1.09. The van der Waals surface area contributed by atoms with Crippen LogP contribution in [0.25, 0.3) is 0 Å². The Bertz CT molecular complexity index is 494. The fourth-order valence-electron chi connectivity index (χ4n) is 1.09. The summed E-state index contributed by atoms with van der Waals surface area (Å²) in [6.07, 6.45) is 0.254. The van der Waals surface area contributed by atoms with Crippen LogP contribution in [0.4, 0.5) is 0 Å². The van der Waals surface area contributed by atoms with Gasteiger partial charge in [-0.15, -0.1) is 0 Å².